The molecule has 0 aliphatic carbocycles. The number of allylic oxidation sites excluding steroid dienone is 3. The van der Waals surface area contributed by atoms with Crippen molar-refractivity contribution in [2.45, 2.75) is 65.5 Å². The summed E-state index contributed by atoms with van der Waals surface area (Å²) in [6.45, 7) is 6.10. The molecule has 0 saturated carbocycles. The van der Waals surface area contributed by atoms with Crippen LogP contribution >= 0.6 is 0 Å². The summed E-state index contributed by atoms with van der Waals surface area (Å²) in [5.41, 5.74) is 3.53. The van der Waals surface area contributed by atoms with E-state index in [1.165, 1.54) is 0 Å². The smallest absolute Gasteiger partial charge is 0.168 e. The number of hydrogen-bond acceptors (Lipinski definition) is 5. The summed E-state index contributed by atoms with van der Waals surface area (Å²) in [5.74, 6) is 1.29. The first-order valence-electron chi connectivity index (χ1n) is 11.2. The van der Waals surface area contributed by atoms with Crippen molar-refractivity contribution in [1.29, 1.82) is 0 Å². The van der Waals surface area contributed by atoms with Crippen molar-refractivity contribution in [3.63, 3.8) is 0 Å². The van der Waals surface area contributed by atoms with Gasteiger partial charge in [0.15, 0.2) is 11.5 Å². The van der Waals surface area contributed by atoms with Crippen LogP contribution in [-0.4, -0.2) is 28.0 Å². The standard InChI is InChI=1S/C27H36O5/c1-5-21(10-9-15-27(30,6-2)7-3)24-11-8-12-25(26(24)31-4)32-19-20-13-14-22(17-28)23(16-20)18-29/h8-16,28-30H,5-7,17-19H2,1-4H3/b15-9+,21-10+. The van der Waals surface area contributed by atoms with Gasteiger partial charge in [0.25, 0.3) is 0 Å². The third kappa shape index (κ3) is 6.45. The second-order valence-corrected chi connectivity index (χ2v) is 7.76. The summed E-state index contributed by atoms with van der Waals surface area (Å²) in [5, 5.41) is 29.4. The van der Waals surface area contributed by atoms with E-state index in [0.29, 0.717) is 42.1 Å². The Bertz CT molecular complexity index is 926. The molecule has 0 amide bonds. The molecule has 0 radical (unpaired) electrons. The highest BCUT2D eigenvalue weighted by atomic mass is 16.5. The Morgan fingerprint density at radius 1 is 1.00 bits per heavy atom. The average molecular weight is 441 g/mol. The minimum Gasteiger partial charge on any atom is -0.492 e. The lowest BCUT2D eigenvalue weighted by atomic mass is 9.96. The van der Waals surface area contributed by atoms with E-state index in [1.54, 1.807) is 13.2 Å². The van der Waals surface area contributed by atoms with Crippen molar-refractivity contribution in [2.24, 2.45) is 0 Å². The van der Waals surface area contributed by atoms with Crippen LogP contribution in [0.15, 0.2) is 54.6 Å². The molecule has 0 saturated heterocycles. The van der Waals surface area contributed by atoms with Crippen LogP contribution in [0.3, 0.4) is 0 Å². The number of methoxy groups -OCH3 is 1. The lowest BCUT2D eigenvalue weighted by molar-refractivity contribution is 0.0828. The van der Waals surface area contributed by atoms with Crippen LogP contribution in [0.1, 0.15) is 62.3 Å². The zero-order valence-electron chi connectivity index (χ0n) is 19.6. The van der Waals surface area contributed by atoms with E-state index in [0.717, 1.165) is 23.1 Å². The van der Waals surface area contributed by atoms with E-state index in [1.807, 2.05) is 62.4 Å². The molecule has 5 heteroatoms. The first-order valence-corrected chi connectivity index (χ1v) is 11.2. The number of benzene rings is 2. The molecule has 2 rings (SSSR count). The number of aliphatic hydroxyl groups excluding tert-OH is 2. The van der Waals surface area contributed by atoms with Gasteiger partial charge in [-0.15, -0.1) is 0 Å². The Balaban J connectivity index is 2.28. The highest BCUT2D eigenvalue weighted by molar-refractivity contribution is 5.74. The number of ether oxygens (including phenoxy) is 2. The maximum atomic E-state index is 10.5. The van der Waals surface area contributed by atoms with Gasteiger partial charge >= 0.3 is 0 Å². The Kier molecular flexibility index (Phi) is 9.97. The second-order valence-electron chi connectivity index (χ2n) is 7.76. The quantitative estimate of drug-likeness (QED) is 0.397. The lowest BCUT2D eigenvalue weighted by Gasteiger charge is -2.20. The fraction of sp³-hybridized carbons (Fsp3) is 0.407. The van der Waals surface area contributed by atoms with Crippen LogP contribution in [0.25, 0.3) is 5.57 Å². The summed E-state index contributed by atoms with van der Waals surface area (Å²) in [6, 6.07) is 11.3. The lowest BCUT2D eigenvalue weighted by Crippen LogP contribution is -2.22. The maximum Gasteiger partial charge on any atom is 0.168 e. The van der Waals surface area contributed by atoms with E-state index in [2.05, 4.69) is 6.92 Å². The molecular formula is C27H36O5. The molecule has 0 atom stereocenters. The molecule has 32 heavy (non-hydrogen) atoms. The molecule has 174 valence electrons. The van der Waals surface area contributed by atoms with E-state index in [4.69, 9.17) is 9.47 Å². The van der Waals surface area contributed by atoms with Crippen LogP contribution in [0, 0.1) is 0 Å². The molecule has 3 N–H and O–H groups in total. The van der Waals surface area contributed by atoms with Crippen molar-refractivity contribution in [2.75, 3.05) is 7.11 Å². The molecule has 2 aromatic rings. The van der Waals surface area contributed by atoms with Gasteiger partial charge in [0, 0.05) is 5.56 Å². The summed E-state index contributed by atoms with van der Waals surface area (Å²) in [6.07, 6.45) is 7.91. The van der Waals surface area contributed by atoms with E-state index in [-0.39, 0.29) is 13.2 Å². The van der Waals surface area contributed by atoms with Crippen molar-refractivity contribution in [1.82, 2.24) is 0 Å². The molecule has 0 fully saturated rings. The summed E-state index contributed by atoms with van der Waals surface area (Å²) in [7, 11) is 1.63. The van der Waals surface area contributed by atoms with Gasteiger partial charge in [-0.3, -0.25) is 0 Å². The van der Waals surface area contributed by atoms with E-state index >= 15 is 0 Å². The van der Waals surface area contributed by atoms with Crippen LogP contribution in [-0.2, 0) is 19.8 Å². The SMILES string of the molecule is CC/C(=C\C=C\C(O)(CC)CC)c1cccc(OCc2ccc(CO)c(CO)c2)c1OC. The Morgan fingerprint density at radius 3 is 2.31 bits per heavy atom. The first kappa shape index (κ1) is 25.7. The van der Waals surface area contributed by atoms with Crippen LogP contribution < -0.4 is 9.47 Å². The largest absolute Gasteiger partial charge is 0.492 e. The van der Waals surface area contributed by atoms with Gasteiger partial charge in [-0.2, -0.15) is 0 Å². The molecule has 0 heterocycles. The van der Waals surface area contributed by atoms with Gasteiger partial charge in [0.2, 0.25) is 0 Å². The first-order chi connectivity index (χ1) is 15.4. The minimum atomic E-state index is -0.788. The number of hydrogen-bond donors (Lipinski definition) is 3. The van der Waals surface area contributed by atoms with Crippen molar-refractivity contribution >= 4 is 5.57 Å². The molecule has 0 unspecified atom stereocenters. The molecular weight excluding hydrogens is 404 g/mol. The minimum absolute atomic E-state index is 0.110. The summed E-state index contributed by atoms with van der Waals surface area (Å²) in [4.78, 5) is 0. The van der Waals surface area contributed by atoms with Gasteiger partial charge in [-0.05, 0) is 53.7 Å². The monoisotopic (exact) mass is 440 g/mol. The molecule has 0 aliphatic heterocycles. The third-order valence-corrected chi connectivity index (χ3v) is 5.84. The topological polar surface area (TPSA) is 79.2 Å². The number of para-hydroxylation sites is 1. The molecule has 5 nitrogen and oxygen atoms in total. The Morgan fingerprint density at radius 2 is 1.72 bits per heavy atom. The van der Waals surface area contributed by atoms with Gasteiger partial charge < -0.3 is 24.8 Å². The van der Waals surface area contributed by atoms with E-state index in [9.17, 15) is 15.3 Å². The zero-order valence-corrected chi connectivity index (χ0v) is 19.6. The van der Waals surface area contributed by atoms with E-state index < -0.39 is 5.60 Å². The fourth-order valence-electron chi connectivity index (χ4n) is 3.55. The third-order valence-electron chi connectivity index (χ3n) is 5.84. The molecule has 0 spiro atoms. The number of rotatable bonds is 12. The molecule has 0 aromatic heterocycles. The predicted octanol–water partition coefficient (Wildman–Crippen LogP) is 5.16. The second kappa shape index (κ2) is 12.4. The van der Waals surface area contributed by atoms with Gasteiger partial charge in [0.05, 0.1) is 25.9 Å². The average Bonchev–Trinajstić information content (AvgIpc) is 2.84. The maximum absolute atomic E-state index is 10.5. The fourth-order valence-corrected chi connectivity index (χ4v) is 3.55. The van der Waals surface area contributed by atoms with Gasteiger partial charge in [-0.1, -0.05) is 63.3 Å². The Labute approximate surface area is 191 Å². The molecule has 2 aromatic carbocycles. The van der Waals surface area contributed by atoms with Crippen molar-refractivity contribution < 1.29 is 24.8 Å². The number of aliphatic hydroxyl groups is 3. The zero-order chi connectivity index (χ0) is 23.6. The van der Waals surface area contributed by atoms with Gasteiger partial charge in [-0.25, -0.2) is 0 Å². The Hall–Kier alpha value is -2.60. The van der Waals surface area contributed by atoms with Crippen LogP contribution in [0.4, 0.5) is 0 Å². The van der Waals surface area contributed by atoms with Crippen molar-refractivity contribution in [3.8, 4) is 11.5 Å². The highest BCUT2D eigenvalue weighted by Gasteiger charge is 2.17. The normalized spacial score (nSPS) is 12.4. The molecule has 0 bridgehead atoms. The highest BCUT2D eigenvalue weighted by Crippen LogP contribution is 2.37. The summed E-state index contributed by atoms with van der Waals surface area (Å²) < 4.78 is 11.8. The van der Waals surface area contributed by atoms with Crippen LogP contribution in [0.5, 0.6) is 11.5 Å². The predicted molar refractivity (Wildman–Crippen MR) is 129 cm³/mol. The molecule has 0 aliphatic rings. The van der Waals surface area contributed by atoms with Gasteiger partial charge in [0.1, 0.15) is 6.61 Å². The van der Waals surface area contributed by atoms with Crippen LogP contribution in [0.2, 0.25) is 0 Å². The van der Waals surface area contributed by atoms with Crippen molar-refractivity contribution in [3.05, 3.63) is 76.9 Å². The summed E-state index contributed by atoms with van der Waals surface area (Å²) >= 11 is 0.